The molecular weight excluding hydrogens is 374 g/mol. The van der Waals surface area contributed by atoms with E-state index in [-0.39, 0.29) is 6.10 Å². The third kappa shape index (κ3) is 3.38. The van der Waals surface area contributed by atoms with Crippen LogP contribution in [0.15, 0.2) is 42.7 Å². The lowest BCUT2D eigenvalue weighted by atomic mass is 9.86. The van der Waals surface area contributed by atoms with Gasteiger partial charge in [-0.25, -0.2) is 0 Å². The first-order chi connectivity index (χ1) is 13.8. The molecule has 2 aliphatic rings. The highest BCUT2D eigenvalue weighted by Crippen LogP contribution is 2.36. The average Bonchev–Trinajstić information content (AvgIpc) is 3.05. The number of benzene rings is 1. The second-order valence-corrected chi connectivity index (χ2v) is 7.90. The first-order valence-corrected chi connectivity index (χ1v) is 10.2. The van der Waals surface area contributed by atoms with E-state index in [0.717, 1.165) is 60.3 Å². The lowest BCUT2D eigenvalue weighted by Gasteiger charge is -2.28. The van der Waals surface area contributed by atoms with E-state index in [1.165, 1.54) is 5.56 Å². The molecule has 144 valence electrons. The molecule has 0 atom stereocenters. The number of fused-ring (bicyclic) bond motifs is 3. The second kappa shape index (κ2) is 7.53. The summed E-state index contributed by atoms with van der Waals surface area (Å²) in [6.07, 6.45) is 7.87. The van der Waals surface area contributed by atoms with Gasteiger partial charge in [0, 0.05) is 23.7 Å². The van der Waals surface area contributed by atoms with Crippen molar-refractivity contribution < 1.29 is 4.74 Å². The molecule has 5 rings (SSSR count). The number of nitrogens with one attached hydrogen (secondary N) is 1. The molecule has 0 unspecified atom stereocenters. The number of aromatic nitrogens is 4. The maximum Gasteiger partial charge on any atom is 0.151 e. The van der Waals surface area contributed by atoms with Gasteiger partial charge in [0.2, 0.25) is 0 Å². The van der Waals surface area contributed by atoms with E-state index in [1.54, 1.807) is 12.4 Å². The van der Waals surface area contributed by atoms with E-state index < -0.39 is 0 Å². The Morgan fingerprint density at radius 2 is 1.96 bits per heavy atom. The monoisotopic (exact) mass is 395 g/mol. The average molecular weight is 396 g/mol. The Balaban J connectivity index is 1.37. The topological polar surface area (TPSA) is 64.9 Å². The second-order valence-electron chi connectivity index (χ2n) is 7.47. The molecule has 28 heavy (non-hydrogen) atoms. The summed E-state index contributed by atoms with van der Waals surface area (Å²) in [6, 6.07) is 9.92. The van der Waals surface area contributed by atoms with Gasteiger partial charge in [-0.1, -0.05) is 11.6 Å². The van der Waals surface area contributed by atoms with Crippen LogP contribution in [0.3, 0.4) is 0 Å². The number of nitrogens with zero attached hydrogens (tertiary/aromatic N) is 4. The number of rotatable bonds is 3. The van der Waals surface area contributed by atoms with Crippen LogP contribution < -0.4 is 10.1 Å². The van der Waals surface area contributed by atoms with Gasteiger partial charge in [0.05, 0.1) is 24.5 Å². The standard InChI is InChI=1S/C21H22ClN5O/c22-16-5-8-19-15(10-16)11-24-13-20-25-26-21(27(19)20)14-3-6-17(7-4-14)28-18-2-1-9-23-12-18/h1-2,5,8-10,12,14,17,24H,3-4,6-7,11,13H2/t14-,17-. The van der Waals surface area contributed by atoms with Gasteiger partial charge in [-0.2, -0.15) is 0 Å². The van der Waals surface area contributed by atoms with E-state index in [0.29, 0.717) is 12.5 Å². The highest BCUT2D eigenvalue weighted by atomic mass is 35.5. The fourth-order valence-electron chi connectivity index (χ4n) is 4.24. The van der Waals surface area contributed by atoms with Crippen molar-refractivity contribution in [3.05, 3.63) is 65.0 Å². The van der Waals surface area contributed by atoms with Gasteiger partial charge in [-0.15, -0.1) is 10.2 Å². The first kappa shape index (κ1) is 17.6. The Kier molecular flexibility index (Phi) is 4.74. The van der Waals surface area contributed by atoms with Crippen LogP contribution in [0.25, 0.3) is 5.69 Å². The van der Waals surface area contributed by atoms with Crippen LogP contribution in [0, 0.1) is 0 Å². The Morgan fingerprint density at radius 1 is 1.07 bits per heavy atom. The summed E-state index contributed by atoms with van der Waals surface area (Å²) in [5, 5.41) is 13.2. The van der Waals surface area contributed by atoms with Crippen LogP contribution in [0.2, 0.25) is 5.02 Å². The summed E-state index contributed by atoms with van der Waals surface area (Å²) in [5.41, 5.74) is 2.32. The molecule has 1 N–H and O–H groups in total. The van der Waals surface area contributed by atoms with Crippen molar-refractivity contribution in [2.75, 3.05) is 0 Å². The van der Waals surface area contributed by atoms with Crippen molar-refractivity contribution in [3.8, 4) is 11.4 Å². The molecule has 1 aliphatic heterocycles. The molecule has 6 nitrogen and oxygen atoms in total. The highest BCUT2D eigenvalue weighted by Gasteiger charge is 2.30. The summed E-state index contributed by atoms with van der Waals surface area (Å²) in [6.45, 7) is 1.49. The van der Waals surface area contributed by atoms with Crippen molar-refractivity contribution in [2.45, 2.75) is 50.8 Å². The molecule has 0 amide bonds. The zero-order valence-corrected chi connectivity index (χ0v) is 16.3. The van der Waals surface area contributed by atoms with Crippen molar-refractivity contribution >= 4 is 11.6 Å². The van der Waals surface area contributed by atoms with Crippen LogP contribution >= 0.6 is 11.6 Å². The molecule has 2 aromatic heterocycles. The summed E-state index contributed by atoms with van der Waals surface area (Å²) in [4.78, 5) is 4.13. The summed E-state index contributed by atoms with van der Waals surface area (Å²) < 4.78 is 8.33. The van der Waals surface area contributed by atoms with Gasteiger partial charge in [-0.05, 0) is 61.6 Å². The largest absolute Gasteiger partial charge is 0.489 e. The molecule has 1 aromatic carbocycles. The number of pyridine rings is 1. The van der Waals surface area contributed by atoms with E-state index >= 15 is 0 Å². The SMILES string of the molecule is Clc1ccc2c(c1)CNCc1nnc([C@H]3CC[C@H](Oc4cccnc4)CC3)n1-2. The fourth-order valence-corrected chi connectivity index (χ4v) is 4.44. The van der Waals surface area contributed by atoms with Gasteiger partial charge >= 0.3 is 0 Å². The molecule has 0 radical (unpaired) electrons. The molecule has 7 heteroatoms. The maximum atomic E-state index is 6.22. The molecule has 1 aliphatic carbocycles. The Morgan fingerprint density at radius 3 is 2.79 bits per heavy atom. The van der Waals surface area contributed by atoms with Gasteiger partial charge in [-0.3, -0.25) is 9.55 Å². The van der Waals surface area contributed by atoms with E-state index in [2.05, 4.69) is 31.1 Å². The van der Waals surface area contributed by atoms with Gasteiger partial charge in [0.25, 0.3) is 0 Å². The lowest BCUT2D eigenvalue weighted by molar-refractivity contribution is 0.144. The summed E-state index contributed by atoms with van der Waals surface area (Å²) in [7, 11) is 0. The normalized spacial score (nSPS) is 21.5. The Bertz CT molecular complexity index is 966. The van der Waals surface area contributed by atoms with Crippen LogP contribution in [0.1, 0.15) is 48.8 Å². The van der Waals surface area contributed by atoms with Gasteiger partial charge < -0.3 is 10.1 Å². The van der Waals surface area contributed by atoms with Gasteiger partial charge in [0.15, 0.2) is 5.82 Å². The number of ether oxygens (including phenoxy) is 1. The number of hydrogen-bond donors (Lipinski definition) is 1. The van der Waals surface area contributed by atoms with Crippen LogP contribution in [0.4, 0.5) is 0 Å². The Labute approximate surface area is 168 Å². The van der Waals surface area contributed by atoms with Crippen LogP contribution in [0.5, 0.6) is 5.75 Å². The van der Waals surface area contributed by atoms with E-state index in [1.807, 2.05) is 24.3 Å². The summed E-state index contributed by atoms with van der Waals surface area (Å²) in [5.74, 6) is 3.25. The van der Waals surface area contributed by atoms with E-state index in [9.17, 15) is 0 Å². The quantitative estimate of drug-likeness (QED) is 0.725. The number of hydrogen-bond acceptors (Lipinski definition) is 5. The molecule has 1 fully saturated rings. The van der Waals surface area contributed by atoms with Crippen molar-refractivity contribution in [3.63, 3.8) is 0 Å². The first-order valence-electron chi connectivity index (χ1n) is 9.78. The van der Waals surface area contributed by atoms with Crippen LogP contribution in [-0.2, 0) is 13.1 Å². The molecule has 3 heterocycles. The smallest absolute Gasteiger partial charge is 0.151 e. The zero-order chi connectivity index (χ0) is 18.9. The zero-order valence-electron chi connectivity index (χ0n) is 15.5. The predicted molar refractivity (Wildman–Crippen MR) is 107 cm³/mol. The van der Waals surface area contributed by atoms with E-state index in [4.69, 9.17) is 16.3 Å². The molecular formula is C21H22ClN5O. The predicted octanol–water partition coefficient (Wildman–Crippen LogP) is 4.02. The maximum absolute atomic E-state index is 6.22. The lowest BCUT2D eigenvalue weighted by Crippen LogP contribution is -2.25. The molecule has 3 aromatic rings. The minimum Gasteiger partial charge on any atom is -0.489 e. The minimum atomic E-state index is 0.236. The molecule has 0 saturated heterocycles. The van der Waals surface area contributed by atoms with Gasteiger partial charge in [0.1, 0.15) is 11.6 Å². The third-order valence-electron chi connectivity index (χ3n) is 5.61. The minimum absolute atomic E-state index is 0.236. The third-order valence-corrected chi connectivity index (χ3v) is 5.85. The summed E-state index contributed by atoms with van der Waals surface area (Å²) >= 11 is 6.22. The van der Waals surface area contributed by atoms with Crippen LogP contribution in [-0.4, -0.2) is 25.9 Å². The fraction of sp³-hybridized carbons (Fsp3) is 0.381. The van der Waals surface area contributed by atoms with Crippen molar-refractivity contribution in [2.24, 2.45) is 0 Å². The molecule has 0 bridgehead atoms. The molecule has 0 spiro atoms. The molecule has 1 saturated carbocycles. The Hall–Kier alpha value is -2.44. The highest BCUT2D eigenvalue weighted by molar-refractivity contribution is 6.30. The van der Waals surface area contributed by atoms with Crippen molar-refractivity contribution in [1.82, 2.24) is 25.1 Å². The van der Waals surface area contributed by atoms with Crippen molar-refractivity contribution in [1.29, 1.82) is 0 Å². The number of halogens is 1.